The first kappa shape index (κ1) is 14.2. The third-order valence-corrected chi connectivity index (χ3v) is 2.55. The molecule has 1 rings (SSSR count). The van der Waals surface area contributed by atoms with Gasteiger partial charge >= 0.3 is 12.0 Å². The highest BCUT2D eigenvalue weighted by Gasteiger charge is 2.23. The molecule has 0 bridgehead atoms. The number of aliphatic carboxylic acids is 1. The number of carboxylic acid groups (broad SMARTS) is 1. The summed E-state index contributed by atoms with van der Waals surface area (Å²) in [5.41, 5.74) is 4.93. The second-order valence-electron chi connectivity index (χ2n) is 4.07. The van der Waals surface area contributed by atoms with Crippen molar-refractivity contribution in [2.24, 2.45) is 5.73 Å². The van der Waals surface area contributed by atoms with Crippen molar-refractivity contribution in [2.45, 2.75) is 31.3 Å². The number of nitrogens with two attached hydrogens (primary N) is 1. The van der Waals surface area contributed by atoms with Crippen LogP contribution in [0.1, 0.15) is 19.3 Å². The molecule has 0 aromatic heterocycles. The molecular weight excluding hydrogens is 242 g/mol. The van der Waals surface area contributed by atoms with Crippen molar-refractivity contribution in [3.8, 4) is 0 Å². The van der Waals surface area contributed by atoms with Gasteiger partial charge in [-0.15, -0.1) is 0 Å². The summed E-state index contributed by atoms with van der Waals surface area (Å²) in [6, 6.07) is -1.81. The summed E-state index contributed by atoms with van der Waals surface area (Å²) in [6.45, 7) is 1.00. The van der Waals surface area contributed by atoms with Crippen LogP contribution in [0.4, 0.5) is 4.79 Å². The minimum absolute atomic E-state index is 0.0285. The molecule has 8 nitrogen and oxygen atoms in total. The molecule has 0 aliphatic carbocycles. The molecule has 102 valence electrons. The first-order valence-corrected chi connectivity index (χ1v) is 5.65. The van der Waals surface area contributed by atoms with Gasteiger partial charge in [0.15, 0.2) is 0 Å². The van der Waals surface area contributed by atoms with Gasteiger partial charge in [0.25, 0.3) is 0 Å². The average Bonchev–Trinajstić information content (AvgIpc) is 2.76. The van der Waals surface area contributed by atoms with E-state index in [4.69, 9.17) is 15.6 Å². The highest BCUT2D eigenvalue weighted by atomic mass is 16.5. The van der Waals surface area contributed by atoms with Crippen molar-refractivity contribution >= 4 is 17.9 Å². The first-order chi connectivity index (χ1) is 8.49. The van der Waals surface area contributed by atoms with E-state index >= 15 is 0 Å². The Kier molecular flexibility index (Phi) is 5.37. The molecule has 0 radical (unpaired) electrons. The Morgan fingerprint density at radius 3 is 2.67 bits per heavy atom. The van der Waals surface area contributed by atoms with E-state index in [9.17, 15) is 14.4 Å². The molecule has 1 fully saturated rings. The van der Waals surface area contributed by atoms with E-state index in [2.05, 4.69) is 10.6 Å². The zero-order valence-electron chi connectivity index (χ0n) is 9.85. The summed E-state index contributed by atoms with van der Waals surface area (Å²) in [5.74, 6) is -1.80. The fraction of sp³-hybridized carbons (Fsp3) is 0.700. The number of hydrogen-bond donors (Lipinski definition) is 4. The molecule has 2 atom stereocenters. The molecule has 1 aliphatic rings. The molecule has 0 saturated carbocycles. The topological polar surface area (TPSA) is 131 Å². The van der Waals surface area contributed by atoms with Crippen molar-refractivity contribution < 1.29 is 24.2 Å². The summed E-state index contributed by atoms with van der Waals surface area (Å²) in [5, 5.41) is 13.8. The molecule has 1 aliphatic heterocycles. The molecule has 1 unspecified atom stereocenters. The second-order valence-corrected chi connectivity index (χ2v) is 4.07. The predicted octanol–water partition coefficient (Wildman–Crippen LogP) is -1.21. The van der Waals surface area contributed by atoms with E-state index < -0.39 is 23.9 Å². The lowest BCUT2D eigenvalue weighted by Crippen LogP contribution is -2.49. The lowest BCUT2D eigenvalue weighted by atomic mass is 10.1. The smallest absolute Gasteiger partial charge is 0.326 e. The zero-order valence-corrected chi connectivity index (χ0v) is 9.85. The Morgan fingerprint density at radius 1 is 1.44 bits per heavy atom. The van der Waals surface area contributed by atoms with Crippen LogP contribution in [0.25, 0.3) is 0 Å². The molecule has 8 heteroatoms. The van der Waals surface area contributed by atoms with Gasteiger partial charge in [-0.2, -0.15) is 0 Å². The molecule has 3 amide bonds. The van der Waals surface area contributed by atoms with E-state index in [-0.39, 0.29) is 18.9 Å². The monoisotopic (exact) mass is 259 g/mol. The van der Waals surface area contributed by atoms with Gasteiger partial charge in [0.1, 0.15) is 6.04 Å². The van der Waals surface area contributed by atoms with Crippen LogP contribution in [0, 0.1) is 0 Å². The zero-order chi connectivity index (χ0) is 13.5. The van der Waals surface area contributed by atoms with Gasteiger partial charge in [-0.05, 0) is 12.8 Å². The maximum Gasteiger partial charge on any atom is 0.326 e. The minimum atomic E-state index is -1.20. The molecule has 1 heterocycles. The van der Waals surface area contributed by atoms with Crippen LogP contribution in [-0.4, -0.2) is 48.3 Å². The minimum Gasteiger partial charge on any atom is -0.480 e. The van der Waals surface area contributed by atoms with Gasteiger partial charge in [0.05, 0.1) is 12.6 Å². The summed E-state index contributed by atoms with van der Waals surface area (Å²) in [6.07, 6.45) is 0.579. The number of carbonyl (C=O) groups is 3. The Morgan fingerprint density at radius 2 is 2.17 bits per heavy atom. The number of nitrogens with one attached hydrogen (secondary N) is 2. The van der Waals surface area contributed by atoms with E-state index in [1.807, 2.05) is 0 Å². The number of urea groups is 1. The Bertz CT molecular complexity index is 327. The van der Waals surface area contributed by atoms with Crippen molar-refractivity contribution in [3.63, 3.8) is 0 Å². The normalized spacial score (nSPS) is 20.1. The van der Waals surface area contributed by atoms with Crippen LogP contribution >= 0.6 is 0 Å². The second kappa shape index (κ2) is 6.80. The van der Waals surface area contributed by atoms with Crippen LogP contribution < -0.4 is 16.4 Å². The number of carboxylic acids is 1. The Labute approximate surface area is 104 Å². The van der Waals surface area contributed by atoms with Gasteiger partial charge in [0, 0.05) is 13.0 Å². The van der Waals surface area contributed by atoms with E-state index in [1.165, 1.54) is 0 Å². The quantitative estimate of drug-likeness (QED) is 0.475. The molecule has 1 saturated heterocycles. The lowest BCUT2D eigenvalue weighted by Gasteiger charge is -2.16. The number of amides is 3. The van der Waals surface area contributed by atoms with Crippen LogP contribution in [0.2, 0.25) is 0 Å². The Hall–Kier alpha value is -1.83. The highest BCUT2D eigenvalue weighted by Crippen LogP contribution is 2.03. The molecular formula is C10H17N3O5. The number of primary amides is 1. The van der Waals surface area contributed by atoms with Gasteiger partial charge < -0.3 is 26.2 Å². The van der Waals surface area contributed by atoms with Gasteiger partial charge in [0.2, 0.25) is 5.91 Å². The van der Waals surface area contributed by atoms with E-state index in [0.717, 1.165) is 0 Å². The number of carbonyl (C=O) groups excluding carboxylic acids is 2. The van der Waals surface area contributed by atoms with Crippen molar-refractivity contribution in [1.82, 2.24) is 10.6 Å². The van der Waals surface area contributed by atoms with Gasteiger partial charge in [-0.3, -0.25) is 4.79 Å². The maximum atomic E-state index is 11.5. The van der Waals surface area contributed by atoms with Crippen LogP contribution in [0.15, 0.2) is 0 Å². The average molecular weight is 259 g/mol. The molecule has 5 N–H and O–H groups in total. The van der Waals surface area contributed by atoms with Crippen LogP contribution in [0.3, 0.4) is 0 Å². The fourth-order valence-electron chi connectivity index (χ4n) is 1.58. The maximum absolute atomic E-state index is 11.5. The van der Waals surface area contributed by atoms with Gasteiger partial charge in [-0.25, -0.2) is 9.59 Å². The highest BCUT2D eigenvalue weighted by molar-refractivity contribution is 5.83. The van der Waals surface area contributed by atoms with Crippen LogP contribution in [0.5, 0.6) is 0 Å². The summed E-state index contributed by atoms with van der Waals surface area (Å²) < 4.78 is 5.07. The predicted molar refractivity (Wildman–Crippen MR) is 60.7 cm³/mol. The summed E-state index contributed by atoms with van der Waals surface area (Å²) >= 11 is 0. The third kappa shape index (κ3) is 5.00. The number of ether oxygens (including phenoxy) is 1. The third-order valence-electron chi connectivity index (χ3n) is 2.55. The SMILES string of the molecule is NC(=O)CC[C@@H](NC(=O)NC1CCOC1)C(=O)O. The fourth-order valence-corrected chi connectivity index (χ4v) is 1.58. The largest absolute Gasteiger partial charge is 0.480 e. The Balaban J connectivity index is 2.36. The van der Waals surface area contributed by atoms with Crippen molar-refractivity contribution in [2.75, 3.05) is 13.2 Å². The van der Waals surface area contributed by atoms with Gasteiger partial charge in [-0.1, -0.05) is 0 Å². The summed E-state index contributed by atoms with van der Waals surface area (Å²) in [7, 11) is 0. The van der Waals surface area contributed by atoms with E-state index in [1.54, 1.807) is 0 Å². The molecule has 0 aromatic rings. The number of rotatable bonds is 6. The van der Waals surface area contributed by atoms with Crippen molar-refractivity contribution in [1.29, 1.82) is 0 Å². The number of hydrogen-bond acceptors (Lipinski definition) is 4. The standard InChI is InChI=1S/C10H17N3O5/c11-8(14)2-1-7(9(15)16)13-10(17)12-6-3-4-18-5-6/h6-7H,1-5H2,(H2,11,14)(H,15,16)(H2,12,13,17)/t6?,7-/m1/s1. The molecule has 0 aromatic carbocycles. The summed E-state index contributed by atoms with van der Waals surface area (Å²) in [4.78, 5) is 32.9. The van der Waals surface area contributed by atoms with Crippen LogP contribution in [-0.2, 0) is 14.3 Å². The molecule has 18 heavy (non-hydrogen) atoms. The van der Waals surface area contributed by atoms with Crippen molar-refractivity contribution in [3.05, 3.63) is 0 Å². The first-order valence-electron chi connectivity index (χ1n) is 5.65. The molecule has 0 spiro atoms. The van der Waals surface area contributed by atoms with E-state index in [0.29, 0.717) is 19.6 Å². The lowest BCUT2D eigenvalue weighted by molar-refractivity contribution is -0.139.